The molecule has 0 spiro atoms. The van der Waals surface area contributed by atoms with Crippen LogP contribution in [0.3, 0.4) is 0 Å². The monoisotopic (exact) mass is 399 g/mol. The van der Waals surface area contributed by atoms with E-state index in [4.69, 9.17) is 14.3 Å². The number of carbonyl (C=O) groups is 2. The Morgan fingerprint density at radius 2 is 1.97 bits per heavy atom. The average molecular weight is 399 g/mol. The lowest BCUT2D eigenvalue weighted by Crippen LogP contribution is -2.43. The first-order chi connectivity index (χ1) is 13.8. The Morgan fingerprint density at radius 3 is 2.66 bits per heavy atom. The van der Waals surface area contributed by atoms with Crippen molar-refractivity contribution in [2.45, 2.75) is 64.9 Å². The van der Waals surface area contributed by atoms with E-state index in [1.807, 2.05) is 12.1 Å². The van der Waals surface area contributed by atoms with Crippen LogP contribution in [0.5, 0.6) is 5.75 Å². The summed E-state index contributed by atoms with van der Waals surface area (Å²) >= 11 is 0. The van der Waals surface area contributed by atoms with Crippen LogP contribution in [-0.2, 0) is 25.6 Å². The van der Waals surface area contributed by atoms with E-state index >= 15 is 0 Å². The summed E-state index contributed by atoms with van der Waals surface area (Å²) in [5, 5.41) is 4.33. The molecule has 0 N–H and O–H groups in total. The minimum Gasteiger partial charge on any atom is -0.456 e. The summed E-state index contributed by atoms with van der Waals surface area (Å²) in [4.78, 5) is 28.1. The highest BCUT2D eigenvalue weighted by molar-refractivity contribution is 5.97. The molecular weight excluding hydrogens is 370 g/mol. The summed E-state index contributed by atoms with van der Waals surface area (Å²) in [6.45, 7) is 5.14. The number of aryl methyl sites for hydroxylation is 1. The van der Waals surface area contributed by atoms with Gasteiger partial charge in [-0.15, -0.1) is 0 Å². The van der Waals surface area contributed by atoms with Gasteiger partial charge in [-0.25, -0.2) is 0 Å². The van der Waals surface area contributed by atoms with Gasteiger partial charge in [-0.05, 0) is 73.1 Å². The van der Waals surface area contributed by atoms with E-state index in [1.165, 1.54) is 25.0 Å². The largest absolute Gasteiger partial charge is 0.456 e. The van der Waals surface area contributed by atoms with E-state index < -0.39 is 0 Å². The van der Waals surface area contributed by atoms with Crippen molar-refractivity contribution in [3.8, 4) is 5.75 Å². The summed E-state index contributed by atoms with van der Waals surface area (Å²) in [6, 6.07) is 6.06. The van der Waals surface area contributed by atoms with Gasteiger partial charge >= 0.3 is 11.9 Å². The van der Waals surface area contributed by atoms with Crippen molar-refractivity contribution in [2.24, 2.45) is 22.4 Å². The van der Waals surface area contributed by atoms with Gasteiger partial charge in [0.15, 0.2) is 0 Å². The van der Waals surface area contributed by atoms with Crippen LogP contribution in [0.2, 0.25) is 0 Å². The Balaban J connectivity index is 1.64. The second kappa shape index (κ2) is 7.47. The number of carbonyl (C=O) groups excluding carboxylic acids is 2. The summed E-state index contributed by atoms with van der Waals surface area (Å²) in [5.41, 5.74) is 3.44. The second-order valence-corrected chi connectivity index (χ2v) is 8.82. The topological polar surface area (TPSA) is 74.2 Å². The van der Waals surface area contributed by atoms with Gasteiger partial charge in [-0.2, -0.15) is 0 Å². The Morgan fingerprint density at radius 1 is 1.17 bits per heavy atom. The molecule has 0 heterocycles. The van der Waals surface area contributed by atoms with Crippen LogP contribution in [0.25, 0.3) is 0 Å². The van der Waals surface area contributed by atoms with Gasteiger partial charge < -0.3 is 14.3 Å². The lowest BCUT2D eigenvalue weighted by molar-refractivity contribution is -0.143. The molecule has 1 aromatic rings. The molecule has 0 bridgehead atoms. The zero-order valence-corrected chi connectivity index (χ0v) is 17.6. The lowest BCUT2D eigenvalue weighted by atomic mass is 9.55. The highest BCUT2D eigenvalue weighted by Gasteiger charge is 2.58. The molecule has 156 valence electrons. The first-order valence-corrected chi connectivity index (χ1v) is 10.4. The fourth-order valence-electron chi connectivity index (χ4n) is 6.14. The van der Waals surface area contributed by atoms with Crippen molar-refractivity contribution in [3.05, 3.63) is 29.3 Å². The van der Waals surface area contributed by atoms with Gasteiger partial charge in [0.25, 0.3) is 0 Å². The van der Waals surface area contributed by atoms with Crippen LogP contribution < -0.4 is 4.74 Å². The predicted molar refractivity (Wildman–Crippen MR) is 108 cm³/mol. The number of rotatable bonds is 3. The van der Waals surface area contributed by atoms with E-state index in [-0.39, 0.29) is 23.5 Å². The highest BCUT2D eigenvalue weighted by atomic mass is 16.6. The number of ether oxygens (including phenoxy) is 2. The second-order valence-electron chi connectivity index (χ2n) is 8.82. The van der Waals surface area contributed by atoms with Crippen LogP contribution in [0.15, 0.2) is 23.4 Å². The third-order valence-electron chi connectivity index (χ3n) is 7.21. The molecule has 0 saturated heterocycles. The van der Waals surface area contributed by atoms with E-state index in [2.05, 4.69) is 18.1 Å². The molecule has 1 unspecified atom stereocenters. The van der Waals surface area contributed by atoms with Gasteiger partial charge in [-0.1, -0.05) is 18.1 Å². The van der Waals surface area contributed by atoms with Crippen LogP contribution in [0, 0.1) is 17.3 Å². The minimum absolute atomic E-state index is 0.105. The normalized spacial score (nSPS) is 34.0. The third kappa shape index (κ3) is 3.43. The number of hydrogen-bond acceptors (Lipinski definition) is 6. The molecule has 4 rings (SSSR count). The fraction of sp³-hybridized carbons (Fsp3) is 0.609. The molecule has 0 aliphatic heterocycles. The van der Waals surface area contributed by atoms with Crippen molar-refractivity contribution in [1.29, 1.82) is 0 Å². The molecule has 2 saturated carbocycles. The quantitative estimate of drug-likeness (QED) is 0.436. The summed E-state index contributed by atoms with van der Waals surface area (Å²) in [7, 11) is 1.55. The minimum atomic E-state index is -0.297. The molecule has 0 radical (unpaired) electrons. The SMILES string of the molecule is CO/N=C1/C(OC(C)=O)C[C@H]2[C@@H]3CCc4cc(OC(C)=O)ccc4[C@H]3CC[C@]12C. The first kappa shape index (κ1) is 19.9. The maximum Gasteiger partial charge on any atom is 0.308 e. The smallest absolute Gasteiger partial charge is 0.308 e. The zero-order valence-electron chi connectivity index (χ0n) is 17.6. The number of fused-ring (bicyclic) bond motifs is 5. The predicted octanol–water partition coefficient (Wildman–Crippen LogP) is 4.01. The summed E-state index contributed by atoms with van der Waals surface area (Å²) in [6.07, 6.45) is 4.60. The molecule has 5 atom stereocenters. The molecule has 2 fully saturated rings. The van der Waals surface area contributed by atoms with Gasteiger partial charge in [0.05, 0.1) is 0 Å². The maximum atomic E-state index is 11.7. The van der Waals surface area contributed by atoms with Gasteiger partial charge in [0.1, 0.15) is 24.7 Å². The standard InChI is InChI=1S/C23H29NO5/c1-13(25)28-16-6-8-17-15(11-16)5-7-19-18(17)9-10-23(3)20(19)12-21(29-14(2)26)22(23)24-27-4/h6,8,11,18-21H,5,7,9-10,12H2,1-4H3/b24-22-/t18-,19-,20+,21?,23+/m1/s1. The van der Waals surface area contributed by atoms with E-state index in [0.29, 0.717) is 23.5 Å². The van der Waals surface area contributed by atoms with Crippen molar-refractivity contribution < 1.29 is 23.9 Å². The van der Waals surface area contributed by atoms with Crippen LogP contribution in [0.4, 0.5) is 0 Å². The molecule has 6 nitrogen and oxygen atoms in total. The van der Waals surface area contributed by atoms with Gasteiger partial charge in [0, 0.05) is 19.3 Å². The first-order valence-electron chi connectivity index (χ1n) is 10.4. The molecule has 0 amide bonds. The van der Waals surface area contributed by atoms with Crippen molar-refractivity contribution in [3.63, 3.8) is 0 Å². The number of hydrogen-bond donors (Lipinski definition) is 0. The Bertz CT molecular complexity index is 863. The van der Waals surface area contributed by atoms with Gasteiger partial charge in [0.2, 0.25) is 0 Å². The van der Waals surface area contributed by atoms with Crippen molar-refractivity contribution in [2.75, 3.05) is 7.11 Å². The number of esters is 2. The maximum absolute atomic E-state index is 11.7. The van der Waals surface area contributed by atoms with Crippen molar-refractivity contribution in [1.82, 2.24) is 0 Å². The number of oxime groups is 1. The Kier molecular flexibility index (Phi) is 5.13. The Labute approximate surface area is 171 Å². The molecular formula is C23H29NO5. The van der Waals surface area contributed by atoms with Gasteiger partial charge in [-0.3, -0.25) is 9.59 Å². The molecule has 6 heteroatoms. The highest BCUT2D eigenvalue weighted by Crippen LogP contribution is 2.60. The molecule has 3 aliphatic carbocycles. The summed E-state index contributed by atoms with van der Waals surface area (Å²) in [5.74, 6) is 1.46. The van der Waals surface area contributed by atoms with Crippen LogP contribution in [0.1, 0.15) is 63.5 Å². The van der Waals surface area contributed by atoms with E-state index in [9.17, 15) is 9.59 Å². The zero-order chi connectivity index (χ0) is 20.8. The molecule has 3 aliphatic rings. The van der Waals surface area contributed by atoms with E-state index in [1.54, 1.807) is 7.11 Å². The average Bonchev–Trinajstić information content (AvgIpc) is 2.92. The molecule has 29 heavy (non-hydrogen) atoms. The van der Waals surface area contributed by atoms with Crippen molar-refractivity contribution >= 4 is 17.7 Å². The fourth-order valence-corrected chi connectivity index (χ4v) is 6.14. The van der Waals surface area contributed by atoms with Crippen LogP contribution in [-0.4, -0.2) is 30.9 Å². The number of nitrogens with zero attached hydrogens (tertiary/aromatic N) is 1. The Hall–Kier alpha value is -2.37. The summed E-state index contributed by atoms with van der Waals surface area (Å²) < 4.78 is 10.9. The molecule has 1 aromatic carbocycles. The number of benzene rings is 1. The van der Waals surface area contributed by atoms with Crippen LogP contribution >= 0.6 is 0 Å². The van der Waals surface area contributed by atoms with E-state index in [0.717, 1.165) is 37.8 Å². The third-order valence-corrected chi connectivity index (χ3v) is 7.21. The molecule has 0 aromatic heterocycles. The lowest BCUT2D eigenvalue weighted by Gasteiger charge is -2.48.